The van der Waals surface area contributed by atoms with Crippen LogP contribution in [0.25, 0.3) is 0 Å². The Morgan fingerprint density at radius 1 is 1.40 bits per heavy atom. The number of nitrogens with zero attached hydrogens (tertiary/aromatic N) is 2. The summed E-state index contributed by atoms with van der Waals surface area (Å²) < 4.78 is 19.0. The molecule has 2 heterocycles. The maximum atomic E-state index is 13.7. The van der Waals surface area contributed by atoms with Gasteiger partial charge in [0.1, 0.15) is 11.4 Å². The van der Waals surface area contributed by atoms with Crippen LogP contribution in [-0.2, 0) is 4.74 Å². The Labute approximate surface area is 118 Å². The zero-order valence-electron chi connectivity index (χ0n) is 12.2. The molecule has 1 fully saturated rings. The molecule has 0 unspecified atom stereocenters. The molecule has 20 heavy (non-hydrogen) atoms. The lowest BCUT2D eigenvalue weighted by Gasteiger charge is -2.33. The fraction of sp³-hybridized carbons (Fsp3) is 0.600. The molecule has 0 saturated carbocycles. The summed E-state index contributed by atoms with van der Waals surface area (Å²) in [5, 5.41) is 0. The molecule has 0 spiro atoms. The molecule has 0 radical (unpaired) electrons. The topological polar surface area (TPSA) is 42.4 Å². The fourth-order valence-electron chi connectivity index (χ4n) is 2.39. The van der Waals surface area contributed by atoms with Crippen molar-refractivity contribution in [3.8, 4) is 0 Å². The van der Waals surface area contributed by atoms with Crippen LogP contribution in [0.15, 0.2) is 18.5 Å². The van der Waals surface area contributed by atoms with E-state index in [2.05, 4.69) is 4.98 Å². The van der Waals surface area contributed by atoms with E-state index in [1.165, 1.54) is 12.3 Å². The number of piperidine rings is 1. The number of carbonyl (C=O) groups excluding carboxylic acids is 1. The monoisotopic (exact) mass is 280 g/mol. The Balaban J connectivity index is 1.93. The van der Waals surface area contributed by atoms with E-state index in [0.717, 1.165) is 12.8 Å². The van der Waals surface area contributed by atoms with Gasteiger partial charge in [0.2, 0.25) is 0 Å². The number of likely N-dealkylation sites (tertiary alicyclic amines) is 1. The van der Waals surface area contributed by atoms with Gasteiger partial charge in [-0.1, -0.05) is 0 Å². The van der Waals surface area contributed by atoms with Crippen molar-refractivity contribution in [2.45, 2.75) is 45.1 Å². The number of hydrogen-bond donors (Lipinski definition) is 0. The summed E-state index contributed by atoms with van der Waals surface area (Å²) in [7, 11) is 0. The minimum atomic E-state index is -0.483. The van der Waals surface area contributed by atoms with E-state index in [0.29, 0.717) is 18.7 Å². The minimum absolute atomic E-state index is 0.127. The van der Waals surface area contributed by atoms with Crippen LogP contribution in [0.2, 0.25) is 0 Å². The van der Waals surface area contributed by atoms with Gasteiger partial charge in [-0.15, -0.1) is 0 Å². The van der Waals surface area contributed by atoms with Crippen LogP contribution in [0, 0.1) is 5.82 Å². The van der Waals surface area contributed by atoms with Crippen molar-refractivity contribution in [3.63, 3.8) is 0 Å². The molecule has 1 aromatic rings. The van der Waals surface area contributed by atoms with Crippen molar-refractivity contribution < 1.29 is 13.9 Å². The van der Waals surface area contributed by atoms with Gasteiger partial charge in [-0.3, -0.25) is 4.98 Å². The Kier molecular flexibility index (Phi) is 4.26. The number of ether oxygens (including phenoxy) is 1. The van der Waals surface area contributed by atoms with Crippen molar-refractivity contribution in [3.05, 3.63) is 29.8 Å². The predicted octanol–water partition coefficient (Wildman–Crippen LogP) is 3.34. The number of carbonyl (C=O) groups is 1. The highest BCUT2D eigenvalue weighted by atomic mass is 19.1. The first-order chi connectivity index (χ1) is 9.37. The van der Waals surface area contributed by atoms with Crippen LogP contribution in [0.1, 0.15) is 45.1 Å². The lowest BCUT2D eigenvalue weighted by Crippen LogP contribution is -2.41. The second kappa shape index (κ2) is 5.77. The van der Waals surface area contributed by atoms with Crippen LogP contribution in [-0.4, -0.2) is 34.7 Å². The van der Waals surface area contributed by atoms with Gasteiger partial charge in [0.15, 0.2) is 0 Å². The molecule has 110 valence electrons. The maximum absolute atomic E-state index is 13.7. The summed E-state index contributed by atoms with van der Waals surface area (Å²) in [5.74, 6) is -0.0851. The van der Waals surface area contributed by atoms with E-state index in [1.54, 1.807) is 11.1 Å². The first-order valence-electron chi connectivity index (χ1n) is 6.94. The average Bonchev–Trinajstić information content (AvgIpc) is 2.37. The lowest BCUT2D eigenvalue weighted by molar-refractivity contribution is 0.0204. The number of rotatable bonds is 1. The standard InChI is InChI=1S/C15H21FN2O2/c1-15(2,3)20-14(19)18-8-5-11(6-9-18)12-10-17-7-4-13(12)16/h4,7,10-11H,5-6,8-9H2,1-3H3. The van der Waals surface area contributed by atoms with Gasteiger partial charge < -0.3 is 9.64 Å². The molecule has 2 rings (SSSR count). The first kappa shape index (κ1) is 14.8. The third kappa shape index (κ3) is 3.68. The quantitative estimate of drug-likeness (QED) is 0.792. The van der Waals surface area contributed by atoms with Crippen LogP contribution in [0.5, 0.6) is 0 Å². The molecule has 0 N–H and O–H groups in total. The van der Waals surface area contributed by atoms with E-state index in [1.807, 2.05) is 20.8 Å². The number of aromatic nitrogens is 1. The van der Waals surface area contributed by atoms with Crippen LogP contribution >= 0.6 is 0 Å². The molecule has 1 aliphatic heterocycles. The van der Waals surface area contributed by atoms with Crippen molar-refractivity contribution in [1.29, 1.82) is 0 Å². The van der Waals surface area contributed by atoms with Crippen molar-refractivity contribution >= 4 is 6.09 Å². The number of pyridine rings is 1. The van der Waals surface area contributed by atoms with Crippen LogP contribution in [0.4, 0.5) is 9.18 Å². The van der Waals surface area contributed by atoms with Crippen molar-refractivity contribution in [1.82, 2.24) is 9.88 Å². The predicted molar refractivity (Wildman–Crippen MR) is 74.0 cm³/mol. The summed E-state index contributed by atoms with van der Waals surface area (Å²) in [5.41, 5.74) is 0.167. The van der Waals surface area contributed by atoms with Gasteiger partial charge in [-0.25, -0.2) is 9.18 Å². The van der Waals surface area contributed by atoms with Gasteiger partial charge >= 0.3 is 6.09 Å². The maximum Gasteiger partial charge on any atom is 0.410 e. The molecule has 0 bridgehead atoms. The van der Waals surface area contributed by atoms with Crippen LogP contribution < -0.4 is 0 Å². The summed E-state index contributed by atoms with van der Waals surface area (Å²) in [6, 6.07) is 1.38. The molecule has 0 atom stereocenters. The number of hydrogen-bond acceptors (Lipinski definition) is 3. The lowest BCUT2D eigenvalue weighted by atomic mass is 9.90. The second-order valence-corrected chi connectivity index (χ2v) is 6.14. The van der Waals surface area contributed by atoms with E-state index >= 15 is 0 Å². The SMILES string of the molecule is CC(C)(C)OC(=O)N1CCC(c2cnccc2F)CC1. The van der Waals surface area contributed by atoms with Gasteiger partial charge in [0, 0.05) is 31.0 Å². The Bertz CT molecular complexity index is 477. The average molecular weight is 280 g/mol. The fourth-order valence-corrected chi connectivity index (χ4v) is 2.39. The molecular formula is C15H21FN2O2. The smallest absolute Gasteiger partial charge is 0.410 e. The summed E-state index contributed by atoms with van der Waals surface area (Å²) in [6.45, 7) is 6.73. The van der Waals surface area contributed by atoms with E-state index < -0.39 is 5.60 Å². The number of amides is 1. The zero-order chi connectivity index (χ0) is 14.8. The molecule has 1 aromatic heterocycles. The van der Waals surface area contributed by atoms with Gasteiger partial charge in [-0.2, -0.15) is 0 Å². The van der Waals surface area contributed by atoms with E-state index in [4.69, 9.17) is 4.74 Å². The normalized spacial score (nSPS) is 17.1. The minimum Gasteiger partial charge on any atom is -0.444 e. The van der Waals surface area contributed by atoms with Crippen molar-refractivity contribution in [2.75, 3.05) is 13.1 Å². The third-order valence-electron chi connectivity index (χ3n) is 3.38. The Morgan fingerprint density at radius 2 is 2.05 bits per heavy atom. The van der Waals surface area contributed by atoms with Crippen LogP contribution in [0.3, 0.4) is 0 Å². The highest BCUT2D eigenvalue weighted by molar-refractivity contribution is 5.68. The first-order valence-corrected chi connectivity index (χ1v) is 6.94. The van der Waals surface area contributed by atoms with Crippen molar-refractivity contribution in [2.24, 2.45) is 0 Å². The second-order valence-electron chi connectivity index (χ2n) is 6.14. The molecule has 0 aliphatic carbocycles. The summed E-state index contributed by atoms with van der Waals surface area (Å²) in [4.78, 5) is 17.6. The zero-order valence-corrected chi connectivity index (χ0v) is 12.2. The Hall–Kier alpha value is -1.65. The van der Waals surface area contributed by atoms with Gasteiger partial charge in [0.25, 0.3) is 0 Å². The van der Waals surface area contributed by atoms with E-state index in [9.17, 15) is 9.18 Å². The van der Waals surface area contributed by atoms with Gasteiger partial charge in [-0.05, 0) is 45.6 Å². The summed E-state index contributed by atoms with van der Waals surface area (Å²) >= 11 is 0. The highest BCUT2D eigenvalue weighted by Gasteiger charge is 2.28. The summed E-state index contributed by atoms with van der Waals surface area (Å²) in [6.07, 6.45) is 4.23. The molecule has 4 nitrogen and oxygen atoms in total. The molecule has 1 saturated heterocycles. The Morgan fingerprint density at radius 3 is 2.60 bits per heavy atom. The largest absolute Gasteiger partial charge is 0.444 e. The molecule has 1 aliphatic rings. The number of halogens is 1. The van der Waals surface area contributed by atoms with E-state index in [-0.39, 0.29) is 17.8 Å². The molecular weight excluding hydrogens is 259 g/mol. The molecule has 0 aromatic carbocycles. The molecule has 5 heteroatoms. The third-order valence-corrected chi connectivity index (χ3v) is 3.38. The molecule has 1 amide bonds. The van der Waals surface area contributed by atoms with Gasteiger partial charge in [0.05, 0.1) is 0 Å². The highest BCUT2D eigenvalue weighted by Crippen LogP contribution is 2.29.